The largest absolute Gasteiger partial charge is 0.479 e. The van der Waals surface area contributed by atoms with Gasteiger partial charge in [0.15, 0.2) is 6.10 Å². The van der Waals surface area contributed by atoms with Gasteiger partial charge in [0, 0.05) is 28.7 Å². The molecule has 5 rings (SSSR count). The predicted molar refractivity (Wildman–Crippen MR) is 126 cm³/mol. The Morgan fingerprint density at radius 1 is 1.09 bits per heavy atom. The van der Waals surface area contributed by atoms with Gasteiger partial charge in [0.05, 0.1) is 5.69 Å². The highest BCUT2D eigenvalue weighted by atomic mass is 19.1. The molecule has 0 bridgehead atoms. The van der Waals surface area contributed by atoms with E-state index in [1.807, 2.05) is 24.3 Å². The summed E-state index contributed by atoms with van der Waals surface area (Å²) in [5.74, 6) is -0.0972. The second-order valence-electron chi connectivity index (χ2n) is 8.04. The summed E-state index contributed by atoms with van der Waals surface area (Å²) >= 11 is 0. The van der Waals surface area contributed by atoms with Gasteiger partial charge in [-0.3, -0.25) is 9.59 Å². The van der Waals surface area contributed by atoms with Crippen LogP contribution in [-0.4, -0.2) is 22.9 Å². The average Bonchev–Trinajstić information content (AvgIpc) is 3.18. The van der Waals surface area contributed by atoms with Crippen LogP contribution in [0.5, 0.6) is 5.75 Å². The van der Waals surface area contributed by atoms with Gasteiger partial charge in [-0.25, -0.2) is 4.39 Å². The molecule has 3 aromatic carbocycles. The van der Waals surface area contributed by atoms with E-state index in [1.54, 1.807) is 37.3 Å². The van der Waals surface area contributed by atoms with Crippen molar-refractivity contribution in [2.45, 2.75) is 25.9 Å². The number of halogens is 1. The van der Waals surface area contributed by atoms with Crippen LogP contribution in [-0.2, 0) is 16.0 Å². The third kappa shape index (κ3) is 4.17. The molecule has 0 fully saturated rings. The van der Waals surface area contributed by atoms with Gasteiger partial charge >= 0.3 is 0 Å². The normalized spacial score (nSPS) is 15.0. The Bertz CT molecular complexity index is 1360. The fourth-order valence-corrected chi connectivity index (χ4v) is 4.07. The van der Waals surface area contributed by atoms with Crippen LogP contribution in [0.25, 0.3) is 22.2 Å². The Labute approximate surface area is 189 Å². The molecule has 0 saturated carbocycles. The molecule has 0 radical (unpaired) electrons. The number of aromatic nitrogens is 1. The molecular formula is C26H22FN3O3. The first-order chi connectivity index (χ1) is 16.0. The quantitative estimate of drug-likeness (QED) is 0.393. The molecule has 0 unspecified atom stereocenters. The van der Waals surface area contributed by atoms with Crippen LogP contribution in [0.4, 0.5) is 15.8 Å². The molecule has 4 aromatic rings. The summed E-state index contributed by atoms with van der Waals surface area (Å²) in [5, 5.41) is 6.71. The zero-order chi connectivity index (χ0) is 22.9. The van der Waals surface area contributed by atoms with Crippen molar-refractivity contribution in [3.8, 4) is 17.0 Å². The van der Waals surface area contributed by atoms with Crippen molar-refractivity contribution in [3.63, 3.8) is 0 Å². The lowest BCUT2D eigenvalue weighted by Crippen LogP contribution is -2.34. The molecule has 33 heavy (non-hydrogen) atoms. The second kappa shape index (κ2) is 8.43. The van der Waals surface area contributed by atoms with E-state index in [0.29, 0.717) is 23.5 Å². The van der Waals surface area contributed by atoms with Gasteiger partial charge in [0.25, 0.3) is 5.91 Å². The molecule has 1 aliphatic rings. The number of fused-ring (bicyclic) bond motifs is 2. The minimum Gasteiger partial charge on any atom is -0.479 e. The van der Waals surface area contributed by atoms with Crippen LogP contribution < -0.4 is 15.4 Å². The first-order valence-corrected chi connectivity index (χ1v) is 10.7. The van der Waals surface area contributed by atoms with Crippen LogP contribution in [0.15, 0.2) is 66.7 Å². The molecule has 3 N–H and O–H groups in total. The maximum absolute atomic E-state index is 13.4. The first-order valence-electron chi connectivity index (χ1n) is 10.7. The fraction of sp³-hybridized carbons (Fsp3) is 0.154. The summed E-state index contributed by atoms with van der Waals surface area (Å²) in [4.78, 5) is 28.0. The van der Waals surface area contributed by atoms with Crippen LogP contribution in [0.2, 0.25) is 0 Å². The Morgan fingerprint density at radius 3 is 2.70 bits per heavy atom. The topological polar surface area (TPSA) is 83.2 Å². The van der Waals surface area contributed by atoms with Gasteiger partial charge < -0.3 is 20.4 Å². The zero-order valence-electron chi connectivity index (χ0n) is 17.9. The van der Waals surface area contributed by atoms with Crippen molar-refractivity contribution in [2.75, 3.05) is 10.6 Å². The number of carbonyl (C=O) groups is 2. The van der Waals surface area contributed by atoms with E-state index in [-0.39, 0.29) is 24.1 Å². The number of carbonyl (C=O) groups excluding carboxylic acids is 2. The van der Waals surface area contributed by atoms with Crippen molar-refractivity contribution in [2.24, 2.45) is 0 Å². The Hall–Kier alpha value is -4.13. The Morgan fingerprint density at radius 2 is 1.88 bits per heavy atom. The Balaban J connectivity index is 1.34. The molecule has 1 aromatic heterocycles. The molecule has 2 heterocycles. The summed E-state index contributed by atoms with van der Waals surface area (Å²) in [6, 6.07) is 19.4. The minimum atomic E-state index is -0.551. The molecule has 0 saturated heterocycles. The van der Waals surface area contributed by atoms with E-state index in [4.69, 9.17) is 4.74 Å². The number of hydrogen-bond donors (Lipinski definition) is 3. The van der Waals surface area contributed by atoms with Gasteiger partial charge in [-0.05, 0) is 73.0 Å². The highest BCUT2D eigenvalue weighted by Gasteiger charge is 2.23. The van der Waals surface area contributed by atoms with E-state index in [1.165, 1.54) is 12.1 Å². The lowest BCUT2D eigenvalue weighted by molar-refractivity contribution is -0.122. The van der Waals surface area contributed by atoms with Crippen LogP contribution in [0.3, 0.4) is 0 Å². The third-order valence-electron chi connectivity index (χ3n) is 5.74. The third-order valence-corrected chi connectivity index (χ3v) is 5.74. The van der Waals surface area contributed by atoms with Crippen LogP contribution in [0.1, 0.15) is 18.9 Å². The van der Waals surface area contributed by atoms with Gasteiger partial charge in [-0.2, -0.15) is 0 Å². The maximum atomic E-state index is 13.4. The molecule has 7 heteroatoms. The number of aryl methyl sites for hydroxylation is 1. The first kappa shape index (κ1) is 20.8. The number of hydrogen-bond acceptors (Lipinski definition) is 3. The number of para-hydroxylation sites is 1. The number of nitrogens with one attached hydrogen (secondary N) is 3. The fourth-order valence-electron chi connectivity index (χ4n) is 4.07. The van der Waals surface area contributed by atoms with Crippen LogP contribution in [0, 0.1) is 5.82 Å². The minimum absolute atomic E-state index is 0.151. The van der Waals surface area contributed by atoms with Crippen LogP contribution >= 0.6 is 0 Å². The number of amides is 2. The van der Waals surface area contributed by atoms with Gasteiger partial charge in [0.2, 0.25) is 5.91 Å². The maximum Gasteiger partial charge on any atom is 0.265 e. The van der Waals surface area contributed by atoms with Gasteiger partial charge in [0.1, 0.15) is 11.6 Å². The van der Waals surface area contributed by atoms with E-state index in [2.05, 4.69) is 15.6 Å². The zero-order valence-corrected chi connectivity index (χ0v) is 17.9. The number of aromatic amines is 1. The number of benzene rings is 3. The highest BCUT2D eigenvalue weighted by molar-refractivity contribution is 5.99. The SMILES string of the molecule is C[C@@H]1Oc2ccc(NC(=O)CCc3c(-c4ccc(F)cc4)[nH]c4ccccc34)cc2NC1=O. The molecule has 0 spiro atoms. The van der Waals surface area contributed by atoms with Crippen molar-refractivity contribution in [1.82, 2.24) is 4.98 Å². The predicted octanol–water partition coefficient (Wildman–Crippen LogP) is 5.26. The standard InChI is InChI=1S/C26H22FN3O3/c1-15-26(32)30-22-14-18(10-12-23(22)33-15)28-24(31)13-11-20-19-4-2-3-5-21(19)29-25(20)16-6-8-17(27)9-7-16/h2-10,12,14-15,29H,11,13H2,1H3,(H,28,31)(H,30,32)/t15-/m0/s1. The van der Waals surface area contributed by atoms with Crippen molar-refractivity contribution in [1.29, 1.82) is 0 Å². The molecule has 166 valence electrons. The molecular weight excluding hydrogens is 421 g/mol. The monoisotopic (exact) mass is 443 g/mol. The number of anilines is 2. The number of ether oxygens (including phenoxy) is 1. The molecule has 0 aliphatic carbocycles. The average molecular weight is 443 g/mol. The molecule has 6 nitrogen and oxygen atoms in total. The van der Waals surface area contributed by atoms with Gasteiger partial charge in [-0.15, -0.1) is 0 Å². The van der Waals surface area contributed by atoms with E-state index < -0.39 is 6.10 Å². The van der Waals surface area contributed by atoms with E-state index in [9.17, 15) is 14.0 Å². The lowest BCUT2D eigenvalue weighted by atomic mass is 10.0. The van der Waals surface area contributed by atoms with Gasteiger partial charge in [-0.1, -0.05) is 18.2 Å². The molecule has 1 atom stereocenters. The summed E-state index contributed by atoms with van der Waals surface area (Å²) in [6.07, 6.45) is 0.210. The lowest BCUT2D eigenvalue weighted by Gasteiger charge is -2.23. The summed E-state index contributed by atoms with van der Waals surface area (Å²) in [6.45, 7) is 1.68. The van der Waals surface area contributed by atoms with Crippen molar-refractivity contribution < 1.29 is 18.7 Å². The smallest absolute Gasteiger partial charge is 0.265 e. The Kier molecular flexibility index (Phi) is 5.30. The molecule has 1 aliphatic heterocycles. The number of H-pyrrole nitrogens is 1. The summed E-state index contributed by atoms with van der Waals surface area (Å²) < 4.78 is 19.0. The second-order valence-corrected chi connectivity index (χ2v) is 8.04. The number of rotatable bonds is 5. The van der Waals surface area contributed by atoms with Crippen molar-refractivity contribution in [3.05, 3.63) is 78.1 Å². The van der Waals surface area contributed by atoms with Crippen molar-refractivity contribution >= 4 is 34.1 Å². The molecule has 2 amide bonds. The van der Waals surface area contributed by atoms with E-state index >= 15 is 0 Å². The summed E-state index contributed by atoms with van der Waals surface area (Å²) in [5.41, 5.74) is 4.83. The van der Waals surface area contributed by atoms with E-state index in [0.717, 1.165) is 27.7 Å². The highest BCUT2D eigenvalue weighted by Crippen LogP contribution is 2.33. The summed E-state index contributed by atoms with van der Waals surface area (Å²) in [7, 11) is 0.